The molecule has 238 valence electrons. The lowest BCUT2D eigenvalue weighted by Gasteiger charge is -2.75. The van der Waals surface area contributed by atoms with E-state index in [0.717, 1.165) is 37.2 Å². The van der Waals surface area contributed by atoms with E-state index in [2.05, 4.69) is 63.0 Å². The van der Waals surface area contributed by atoms with Crippen LogP contribution in [0.4, 0.5) is 0 Å². The van der Waals surface area contributed by atoms with Gasteiger partial charge in [0.1, 0.15) is 0 Å². The van der Waals surface area contributed by atoms with Crippen LogP contribution in [0, 0.1) is 50.7 Å². The first kappa shape index (κ1) is 27.9. The molecule has 0 aromatic carbocycles. The van der Waals surface area contributed by atoms with Crippen molar-refractivity contribution < 1.29 is 9.84 Å². The lowest BCUT2D eigenvalue weighted by Crippen LogP contribution is -2.75. The maximum absolute atomic E-state index is 9.83. The zero-order chi connectivity index (χ0) is 30.0. The standard InChI is InChI=1S/C41H57NO2/c1-5-44-32-9-8-29-11-16-37(33(29)23-32)24-28(3)39-19-10-27(2)34(39)25-41(37)35(39,4)15-12-31-13-17-36-20-21-40(31,41)42-26-38(36,42)18-14-30(36)7-6-22-43/h12-13,17,20-21,28-30,32-33,43H,5-11,14-16,18-19,22-26H2,1-4H3/t28-,29-,30-,32+,33+,35-,36+,37-,38-,39-,40+,41-,42?/m1/s1. The molecule has 1 saturated heterocycles. The van der Waals surface area contributed by atoms with Crippen molar-refractivity contribution in [2.24, 2.45) is 50.7 Å². The average Bonchev–Trinajstić information content (AvgIpc) is 3.43. The molecule has 11 aliphatic rings. The van der Waals surface area contributed by atoms with Crippen molar-refractivity contribution in [2.45, 2.75) is 135 Å². The molecule has 1 N–H and O–H groups in total. The third-order valence-electron chi connectivity index (χ3n) is 18.0. The third kappa shape index (κ3) is 2.54. The highest BCUT2D eigenvalue weighted by Crippen LogP contribution is 2.92. The second-order valence-electron chi connectivity index (χ2n) is 18.2. The Morgan fingerprint density at radius 3 is 2.80 bits per heavy atom. The molecule has 5 spiro atoms. The van der Waals surface area contributed by atoms with Crippen molar-refractivity contribution in [3.8, 4) is 0 Å². The summed E-state index contributed by atoms with van der Waals surface area (Å²) in [6.07, 6.45) is 32.8. The Hall–Kier alpha value is -1.16. The smallest absolute Gasteiger partial charge is 0.0719 e. The lowest BCUT2D eigenvalue weighted by molar-refractivity contribution is -0.239. The Bertz CT molecular complexity index is 1440. The number of ether oxygens (including phenoxy) is 1. The number of allylic oxidation sites excluding steroid dienone is 3. The van der Waals surface area contributed by atoms with E-state index >= 15 is 0 Å². The molecule has 11 rings (SSSR count). The molecule has 8 aliphatic carbocycles. The molecular weight excluding hydrogens is 538 g/mol. The zero-order valence-electron chi connectivity index (χ0n) is 28.1. The first-order chi connectivity index (χ1) is 21.3. The number of hydrogen-bond acceptors (Lipinski definition) is 3. The Labute approximate surface area is 266 Å². The molecular formula is C41H57NO2. The molecule has 5 saturated carbocycles. The highest BCUT2D eigenvalue weighted by Gasteiger charge is 2.90. The van der Waals surface area contributed by atoms with E-state index in [1.807, 2.05) is 5.57 Å². The fourth-order valence-corrected chi connectivity index (χ4v) is 16.8. The summed E-state index contributed by atoms with van der Waals surface area (Å²) in [5, 5.41) is 9.83. The van der Waals surface area contributed by atoms with Gasteiger partial charge in [0.2, 0.25) is 0 Å². The summed E-state index contributed by atoms with van der Waals surface area (Å²) in [5.41, 5.74) is 7.10. The highest BCUT2D eigenvalue weighted by molar-refractivity contribution is 5.63. The molecule has 3 aliphatic heterocycles. The monoisotopic (exact) mass is 595 g/mol. The second kappa shape index (κ2) is 8.46. The number of aliphatic hydroxyl groups excluding tert-OH is 1. The quantitative estimate of drug-likeness (QED) is 0.255. The molecule has 3 heteroatoms. The fraction of sp³-hybridized carbons (Fsp3) is 0.805. The summed E-state index contributed by atoms with van der Waals surface area (Å²) >= 11 is 0. The largest absolute Gasteiger partial charge is 0.396 e. The summed E-state index contributed by atoms with van der Waals surface area (Å²) in [4.78, 5) is 3.18. The number of fused-ring (bicyclic) bond motifs is 2. The van der Waals surface area contributed by atoms with Crippen molar-refractivity contribution in [1.29, 1.82) is 0 Å². The van der Waals surface area contributed by atoms with Crippen LogP contribution in [0.3, 0.4) is 0 Å². The summed E-state index contributed by atoms with van der Waals surface area (Å²) in [5.74, 6) is 3.11. The summed E-state index contributed by atoms with van der Waals surface area (Å²) in [6, 6.07) is 0. The third-order valence-corrected chi connectivity index (χ3v) is 18.0. The number of rotatable bonds is 5. The maximum Gasteiger partial charge on any atom is 0.0719 e. The van der Waals surface area contributed by atoms with Gasteiger partial charge in [-0.2, -0.15) is 0 Å². The van der Waals surface area contributed by atoms with Crippen molar-refractivity contribution in [3.05, 3.63) is 47.1 Å². The molecule has 0 aromatic rings. The average molecular weight is 596 g/mol. The van der Waals surface area contributed by atoms with Gasteiger partial charge in [-0.15, -0.1) is 0 Å². The Kier molecular flexibility index (Phi) is 5.36. The van der Waals surface area contributed by atoms with E-state index in [0.29, 0.717) is 29.5 Å². The molecule has 0 aromatic heterocycles. The maximum atomic E-state index is 9.83. The predicted octanol–water partition coefficient (Wildman–Crippen LogP) is 8.55. The Morgan fingerprint density at radius 1 is 1.07 bits per heavy atom. The van der Waals surface area contributed by atoms with Crippen LogP contribution < -0.4 is 0 Å². The van der Waals surface area contributed by atoms with Gasteiger partial charge in [0.25, 0.3) is 0 Å². The second-order valence-corrected chi connectivity index (χ2v) is 18.2. The van der Waals surface area contributed by atoms with Crippen LogP contribution in [-0.2, 0) is 4.74 Å². The van der Waals surface area contributed by atoms with Crippen LogP contribution >= 0.6 is 0 Å². The van der Waals surface area contributed by atoms with Gasteiger partial charge < -0.3 is 9.84 Å². The van der Waals surface area contributed by atoms with Gasteiger partial charge in [0, 0.05) is 41.5 Å². The van der Waals surface area contributed by atoms with Gasteiger partial charge in [-0.3, -0.25) is 4.90 Å². The van der Waals surface area contributed by atoms with Crippen LogP contribution in [0.5, 0.6) is 0 Å². The summed E-state index contributed by atoms with van der Waals surface area (Å²) in [7, 11) is 0. The van der Waals surface area contributed by atoms with E-state index in [1.54, 1.807) is 11.1 Å². The van der Waals surface area contributed by atoms with Gasteiger partial charge in [-0.1, -0.05) is 55.4 Å². The molecule has 1 unspecified atom stereocenters. The Balaban J connectivity index is 1.24. The van der Waals surface area contributed by atoms with Gasteiger partial charge in [-0.05, 0) is 144 Å². The minimum absolute atomic E-state index is 0.0145. The van der Waals surface area contributed by atoms with Crippen LogP contribution in [0.25, 0.3) is 0 Å². The normalized spacial score (nSPS) is 58.3. The van der Waals surface area contributed by atoms with Crippen molar-refractivity contribution in [2.75, 3.05) is 19.8 Å². The molecule has 3 nitrogen and oxygen atoms in total. The van der Waals surface area contributed by atoms with Gasteiger partial charge >= 0.3 is 0 Å². The zero-order valence-corrected chi connectivity index (χ0v) is 28.1. The van der Waals surface area contributed by atoms with Crippen LogP contribution in [-0.4, -0.2) is 46.9 Å². The molecule has 44 heavy (non-hydrogen) atoms. The topological polar surface area (TPSA) is 32.5 Å². The molecule has 0 amide bonds. The van der Waals surface area contributed by atoms with E-state index in [4.69, 9.17) is 4.74 Å². The summed E-state index contributed by atoms with van der Waals surface area (Å²) < 4.78 is 6.52. The Morgan fingerprint density at radius 2 is 1.95 bits per heavy atom. The molecule has 3 heterocycles. The number of hydrogen-bond donors (Lipinski definition) is 1. The van der Waals surface area contributed by atoms with Crippen molar-refractivity contribution in [1.82, 2.24) is 4.90 Å². The number of aliphatic hydroxyl groups is 1. The molecule has 6 fully saturated rings. The van der Waals surface area contributed by atoms with E-state index < -0.39 is 0 Å². The van der Waals surface area contributed by atoms with E-state index in [1.165, 1.54) is 83.6 Å². The van der Waals surface area contributed by atoms with E-state index in [-0.39, 0.29) is 27.3 Å². The van der Waals surface area contributed by atoms with Crippen LogP contribution in [0.2, 0.25) is 0 Å². The fourth-order valence-electron chi connectivity index (χ4n) is 16.8. The summed E-state index contributed by atoms with van der Waals surface area (Å²) in [6.45, 7) is 12.8. The minimum Gasteiger partial charge on any atom is -0.396 e. The van der Waals surface area contributed by atoms with Crippen molar-refractivity contribution in [3.63, 3.8) is 0 Å². The molecule has 4 bridgehead atoms. The van der Waals surface area contributed by atoms with Gasteiger partial charge in [0.05, 0.1) is 11.6 Å². The van der Waals surface area contributed by atoms with Crippen LogP contribution in [0.1, 0.15) is 118 Å². The molecule has 0 radical (unpaired) electrons. The molecule has 13 atom stereocenters. The minimum atomic E-state index is 0.0145. The lowest BCUT2D eigenvalue weighted by atomic mass is 9.30. The van der Waals surface area contributed by atoms with Crippen molar-refractivity contribution >= 4 is 0 Å². The van der Waals surface area contributed by atoms with Crippen LogP contribution in [0.15, 0.2) is 47.1 Å². The van der Waals surface area contributed by atoms with Gasteiger partial charge in [0.15, 0.2) is 0 Å². The predicted molar refractivity (Wildman–Crippen MR) is 176 cm³/mol. The number of nitrogens with zero attached hydrogens (tertiary/aromatic N) is 1. The van der Waals surface area contributed by atoms with Gasteiger partial charge in [-0.25, -0.2) is 0 Å². The van der Waals surface area contributed by atoms with E-state index in [9.17, 15) is 5.11 Å². The SMILES string of the molecule is CCO[C@H]1CC[C@@H]2CC[C@@]3(C[C@@H](C)[C@]45CCC(C)=C4C[C@@]34[C@]5(C)CC=C3C=C[C@@]56C=C[C@]34N3C[C@@]35CC[C@H]6CCCO)[C@H]2C1. The first-order valence-corrected chi connectivity index (χ1v) is 19.1. The highest BCUT2D eigenvalue weighted by atomic mass is 16.5. The first-order valence-electron chi connectivity index (χ1n) is 19.1.